The second kappa shape index (κ2) is 7.21. The third kappa shape index (κ3) is 4.61. The zero-order chi connectivity index (χ0) is 10.6. The zero-order valence-electron chi connectivity index (χ0n) is 10.1. The Kier molecular flexibility index (Phi) is 8.90. The Morgan fingerprint density at radius 2 is 1.71 bits per heavy atom. The fourth-order valence-corrected chi connectivity index (χ4v) is 1.58. The first-order valence-electron chi connectivity index (χ1n) is 5.11. The van der Waals surface area contributed by atoms with Gasteiger partial charge in [-0.15, -0.1) is 0 Å². The molecule has 3 heteroatoms. The van der Waals surface area contributed by atoms with Gasteiger partial charge in [0.05, 0.1) is 0 Å². The molecule has 0 bridgehead atoms. The first-order chi connectivity index (χ1) is 5.84. The van der Waals surface area contributed by atoms with E-state index in [0.717, 1.165) is 12.1 Å². The number of hydrogen-bond acceptors (Lipinski definition) is 2. The standard InChI is InChI=1S/C11H23NO.Ho/c1-7-11(13,8(2)3)10(6)12-9(4)5;/h8-9,13H,7H2,1-6H3;. The summed E-state index contributed by atoms with van der Waals surface area (Å²) in [6.07, 6.45) is 0.729. The van der Waals surface area contributed by atoms with Crippen molar-refractivity contribution >= 4 is 5.71 Å². The minimum absolute atomic E-state index is 0. The van der Waals surface area contributed by atoms with Gasteiger partial charge in [0.2, 0.25) is 0 Å². The Morgan fingerprint density at radius 3 is 1.93 bits per heavy atom. The van der Waals surface area contributed by atoms with Crippen molar-refractivity contribution in [1.29, 1.82) is 0 Å². The van der Waals surface area contributed by atoms with E-state index >= 15 is 0 Å². The largest absolute Gasteiger partial charge is 0.384 e. The molecule has 0 saturated carbocycles. The van der Waals surface area contributed by atoms with Crippen LogP contribution in [0.5, 0.6) is 0 Å². The third-order valence-electron chi connectivity index (χ3n) is 2.57. The minimum atomic E-state index is -0.718. The molecule has 1 N–H and O–H groups in total. The van der Waals surface area contributed by atoms with E-state index in [4.69, 9.17) is 0 Å². The Balaban J connectivity index is 0. The van der Waals surface area contributed by atoms with Crippen molar-refractivity contribution in [1.82, 2.24) is 0 Å². The van der Waals surface area contributed by atoms with Gasteiger partial charge in [-0.2, -0.15) is 0 Å². The molecule has 0 aliphatic heterocycles. The van der Waals surface area contributed by atoms with Crippen LogP contribution in [0.15, 0.2) is 4.99 Å². The average Bonchev–Trinajstić information content (AvgIpc) is 2.01. The van der Waals surface area contributed by atoms with Gasteiger partial charge >= 0.3 is 0 Å². The van der Waals surface area contributed by atoms with Gasteiger partial charge in [-0.1, -0.05) is 20.8 Å². The summed E-state index contributed by atoms with van der Waals surface area (Å²) in [5.74, 6) is 0.222. The topological polar surface area (TPSA) is 32.6 Å². The fraction of sp³-hybridized carbons (Fsp3) is 0.909. The molecule has 14 heavy (non-hydrogen) atoms. The van der Waals surface area contributed by atoms with Crippen LogP contribution in [0.3, 0.4) is 0 Å². The maximum Gasteiger partial charge on any atom is 0.104 e. The summed E-state index contributed by atoms with van der Waals surface area (Å²) in [5, 5.41) is 10.3. The second-order valence-corrected chi connectivity index (χ2v) is 4.24. The van der Waals surface area contributed by atoms with Crippen molar-refractivity contribution in [2.75, 3.05) is 0 Å². The van der Waals surface area contributed by atoms with Crippen molar-refractivity contribution in [2.45, 2.75) is 59.6 Å². The van der Waals surface area contributed by atoms with Crippen LogP contribution in [-0.4, -0.2) is 22.5 Å². The molecule has 0 aromatic carbocycles. The number of hydrogen-bond donors (Lipinski definition) is 1. The van der Waals surface area contributed by atoms with Gasteiger partial charge in [0, 0.05) is 49.5 Å². The summed E-state index contributed by atoms with van der Waals surface area (Å²) in [7, 11) is 0. The van der Waals surface area contributed by atoms with Gasteiger partial charge in [-0.3, -0.25) is 4.99 Å². The van der Waals surface area contributed by atoms with Crippen molar-refractivity contribution in [2.24, 2.45) is 10.9 Å². The fourth-order valence-electron chi connectivity index (χ4n) is 1.58. The molecular formula is C11H23HoNO. The van der Waals surface area contributed by atoms with Crippen molar-refractivity contribution in [3.05, 3.63) is 0 Å². The van der Waals surface area contributed by atoms with E-state index < -0.39 is 5.60 Å². The van der Waals surface area contributed by atoms with E-state index in [2.05, 4.69) is 4.99 Å². The maximum absolute atomic E-state index is 10.3. The summed E-state index contributed by atoms with van der Waals surface area (Å²) in [5.41, 5.74) is 0.143. The van der Waals surface area contributed by atoms with Gasteiger partial charge in [0.15, 0.2) is 0 Å². The van der Waals surface area contributed by atoms with Crippen LogP contribution < -0.4 is 0 Å². The molecule has 89 valence electrons. The zero-order valence-corrected chi connectivity index (χ0v) is 12.0. The quantitative estimate of drug-likeness (QED) is 0.614. The molecule has 0 aromatic rings. The minimum Gasteiger partial charge on any atom is -0.384 e. The van der Waals surface area contributed by atoms with E-state index in [1.165, 1.54) is 0 Å². The van der Waals surface area contributed by atoms with E-state index in [-0.39, 0.29) is 49.7 Å². The van der Waals surface area contributed by atoms with Gasteiger partial charge < -0.3 is 5.11 Å². The number of aliphatic imine (C=N–C) groups is 1. The number of nitrogens with zero attached hydrogens (tertiary/aromatic N) is 1. The Bertz CT molecular complexity index is 190. The van der Waals surface area contributed by atoms with Crippen LogP contribution in [0.4, 0.5) is 0 Å². The molecule has 1 unspecified atom stereocenters. The molecule has 1 atom stereocenters. The third-order valence-corrected chi connectivity index (χ3v) is 2.57. The van der Waals surface area contributed by atoms with E-state index in [9.17, 15) is 5.11 Å². The molecule has 0 aliphatic carbocycles. The first-order valence-corrected chi connectivity index (χ1v) is 5.11. The predicted octanol–water partition coefficient (Wildman–Crippen LogP) is 2.65. The molecule has 1 radical (unpaired) electrons. The van der Waals surface area contributed by atoms with Crippen LogP contribution >= 0.6 is 0 Å². The molecule has 0 aliphatic rings. The molecule has 0 heterocycles. The van der Waals surface area contributed by atoms with Crippen LogP contribution in [-0.2, 0) is 0 Å². The molecule has 0 amide bonds. The van der Waals surface area contributed by atoms with Gasteiger partial charge in [0.25, 0.3) is 0 Å². The summed E-state index contributed by atoms with van der Waals surface area (Å²) in [6, 6.07) is 0.261. The predicted molar refractivity (Wildman–Crippen MR) is 58.3 cm³/mol. The molecule has 0 fully saturated rings. The molecule has 2 nitrogen and oxygen atoms in total. The summed E-state index contributed by atoms with van der Waals surface area (Å²) >= 11 is 0. The van der Waals surface area contributed by atoms with E-state index in [1.54, 1.807) is 0 Å². The number of rotatable bonds is 4. The van der Waals surface area contributed by atoms with Crippen molar-refractivity contribution in [3.63, 3.8) is 0 Å². The van der Waals surface area contributed by atoms with Crippen LogP contribution in [0.1, 0.15) is 48.0 Å². The van der Waals surface area contributed by atoms with E-state index in [1.807, 2.05) is 41.5 Å². The van der Waals surface area contributed by atoms with Gasteiger partial charge in [-0.05, 0) is 33.1 Å². The van der Waals surface area contributed by atoms with Crippen LogP contribution in [0.2, 0.25) is 0 Å². The normalized spacial score (nSPS) is 16.8. The SMILES string of the molecule is CCC(O)(C(C)=NC(C)C)C(C)C.[Ho]. The Morgan fingerprint density at radius 1 is 1.29 bits per heavy atom. The van der Waals surface area contributed by atoms with Crippen molar-refractivity contribution < 1.29 is 42.8 Å². The Hall–Kier alpha value is 0.890. The smallest absolute Gasteiger partial charge is 0.104 e. The number of aliphatic hydroxyl groups is 1. The van der Waals surface area contributed by atoms with E-state index in [0.29, 0.717) is 0 Å². The summed E-state index contributed by atoms with van der Waals surface area (Å²) < 4.78 is 0. The summed E-state index contributed by atoms with van der Waals surface area (Å²) in [6.45, 7) is 12.0. The van der Waals surface area contributed by atoms with Crippen LogP contribution in [0.25, 0.3) is 0 Å². The van der Waals surface area contributed by atoms with Gasteiger partial charge in [-0.25, -0.2) is 0 Å². The molecule has 0 aromatic heterocycles. The average molecular weight is 350 g/mol. The second-order valence-electron chi connectivity index (χ2n) is 4.24. The molecule has 0 saturated heterocycles. The van der Waals surface area contributed by atoms with Crippen molar-refractivity contribution in [3.8, 4) is 0 Å². The first kappa shape index (κ1) is 17.3. The Labute approximate surface area is 118 Å². The summed E-state index contributed by atoms with van der Waals surface area (Å²) in [4.78, 5) is 4.41. The van der Waals surface area contributed by atoms with Crippen LogP contribution in [0, 0.1) is 43.7 Å². The molecular weight excluding hydrogens is 327 g/mol. The maximum atomic E-state index is 10.3. The molecule has 0 rings (SSSR count). The molecule has 0 spiro atoms. The van der Waals surface area contributed by atoms with Gasteiger partial charge in [0.1, 0.15) is 5.60 Å². The monoisotopic (exact) mass is 350 g/mol.